The molecule has 1 heterocycles. The van der Waals surface area contributed by atoms with Crippen LogP contribution in [0.5, 0.6) is 11.5 Å². The number of hydrogen-bond donors (Lipinski definition) is 2. The summed E-state index contributed by atoms with van der Waals surface area (Å²) >= 11 is 0. The Bertz CT molecular complexity index is 1350. The number of methoxy groups -OCH3 is 2. The lowest BCUT2D eigenvalue weighted by Crippen LogP contribution is -2.12. The second-order valence-corrected chi connectivity index (χ2v) is 8.36. The van der Waals surface area contributed by atoms with Crippen LogP contribution in [-0.4, -0.2) is 25.1 Å². The average Bonchev–Trinajstić information content (AvgIpc) is 2.89. The predicted molar refractivity (Wildman–Crippen MR) is 136 cm³/mol. The second-order valence-electron chi connectivity index (χ2n) is 8.36. The first kappa shape index (κ1) is 21.8. The number of para-hydroxylation sites is 2. The summed E-state index contributed by atoms with van der Waals surface area (Å²) in [5.41, 5.74) is 6.50. The lowest BCUT2D eigenvalue weighted by molar-refractivity contribution is 0.102. The summed E-state index contributed by atoms with van der Waals surface area (Å²) in [6.07, 6.45) is 4.23. The third-order valence-corrected chi connectivity index (χ3v) is 6.24. The van der Waals surface area contributed by atoms with Crippen molar-refractivity contribution < 1.29 is 14.3 Å². The number of hydrogen-bond acceptors (Lipinski definition) is 5. The Morgan fingerprint density at radius 2 is 1.71 bits per heavy atom. The van der Waals surface area contributed by atoms with E-state index in [4.69, 9.17) is 14.5 Å². The van der Waals surface area contributed by atoms with E-state index in [1.165, 1.54) is 5.56 Å². The standard InChI is InChI=1S/C28H27N3O3/c1-33-20-14-11-18(12-15-20)28(32)29-19-13-16-24-22(17-19)27(21-7-3-4-8-23(21)30-24)31-25-9-5-6-10-26(25)34-2/h5-6,9-17H,3-4,7-8H2,1-2H3,(H,29,32)(H,30,31). The number of nitrogens with one attached hydrogen (secondary N) is 2. The minimum Gasteiger partial charge on any atom is -0.497 e. The Kier molecular flexibility index (Phi) is 6.04. The van der Waals surface area contributed by atoms with Crippen LogP contribution in [0.15, 0.2) is 66.7 Å². The molecule has 0 radical (unpaired) electrons. The van der Waals surface area contributed by atoms with E-state index in [1.807, 2.05) is 42.5 Å². The largest absolute Gasteiger partial charge is 0.497 e. The molecule has 0 bridgehead atoms. The van der Waals surface area contributed by atoms with Crippen molar-refractivity contribution in [3.63, 3.8) is 0 Å². The van der Waals surface area contributed by atoms with Gasteiger partial charge in [0.15, 0.2) is 0 Å². The van der Waals surface area contributed by atoms with Crippen molar-refractivity contribution in [2.75, 3.05) is 24.9 Å². The van der Waals surface area contributed by atoms with Crippen LogP contribution in [-0.2, 0) is 12.8 Å². The fourth-order valence-corrected chi connectivity index (χ4v) is 4.47. The van der Waals surface area contributed by atoms with Gasteiger partial charge < -0.3 is 20.1 Å². The fraction of sp³-hybridized carbons (Fsp3) is 0.214. The van der Waals surface area contributed by atoms with E-state index in [2.05, 4.69) is 10.6 Å². The maximum absolute atomic E-state index is 12.8. The number of pyridine rings is 1. The van der Waals surface area contributed by atoms with Crippen LogP contribution in [0.1, 0.15) is 34.5 Å². The smallest absolute Gasteiger partial charge is 0.255 e. The average molecular weight is 454 g/mol. The molecule has 2 N–H and O–H groups in total. The van der Waals surface area contributed by atoms with Crippen LogP contribution in [0.25, 0.3) is 10.9 Å². The van der Waals surface area contributed by atoms with Gasteiger partial charge in [-0.15, -0.1) is 0 Å². The van der Waals surface area contributed by atoms with E-state index in [0.29, 0.717) is 17.0 Å². The number of fused-ring (bicyclic) bond motifs is 2. The third-order valence-electron chi connectivity index (χ3n) is 6.24. The summed E-state index contributed by atoms with van der Waals surface area (Å²) in [5, 5.41) is 7.62. The highest BCUT2D eigenvalue weighted by atomic mass is 16.5. The number of aryl methyl sites for hydroxylation is 1. The molecular formula is C28H27N3O3. The molecule has 1 aliphatic rings. The van der Waals surface area contributed by atoms with Gasteiger partial charge in [0.2, 0.25) is 0 Å². The normalized spacial score (nSPS) is 12.6. The SMILES string of the molecule is COc1ccc(C(=O)Nc2ccc3nc4c(c(Nc5ccccc5OC)c3c2)CCCC4)cc1. The number of carbonyl (C=O) groups excluding carboxylic acids is 1. The minimum atomic E-state index is -0.174. The summed E-state index contributed by atoms with van der Waals surface area (Å²) in [7, 11) is 3.28. The number of aromatic nitrogens is 1. The number of amides is 1. The van der Waals surface area contributed by atoms with Crippen LogP contribution < -0.4 is 20.1 Å². The van der Waals surface area contributed by atoms with Crippen molar-refractivity contribution in [3.8, 4) is 11.5 Å². The van der Waals surface area contributed by atoms with Crippen LogP contribution in [0.3, 0.4) is 0 Å². The molecule has 6 heteroatoms. The van der Waals surface area contributed by atoms with Gasteiger partial charge in [0, 0.05) is 22.3 Å². The Morgan fingerprint density at radius 3 is 2.50 bits per heavy atom. The van der Waals surface area contributed by atoms with Crippen molar-refractivity contribution in [3.05, 3.63) is 83.6 Å². The molecule has 5 rings (SSSR count). The summed E-state index contributed by atoms with van der Waals surface area (Å²) < 4.78 is 10.8. The predicted octanol–water partition coefficient (Wildman–Crippen LogP) is 6.13. The van der Waals surface area contributed by atoms with Crippen LogP contribution in [0, 0.1) is 0 Å². The molecule has 0 saturated heterocycles. The van der Waals surface area contributed by atoms with Gasteiger partial charge in [-0.25, -0.2) is 0 Å². The molecule has 6 nitrogen and oxygen atoms in total. The zero-order chi connectivity index (χ0) is 23.5. The van der Waals surface area contributed by atoms with Gasteiger partial charge in [-0.2, -0.15) is 0 Å². The molecule has 3 aromatic carbocycles. The monoisotopic (exact) mass is 453 g/mol. The van der Waals surface area contributed by atoms with Crippen molar-refractivity contribution >= 4 is 33.9 Å². The number of ether oxygens (including phenoxy) is 2. The lowest BCUT2D eigenvalue weighted by atomic mass is 9.92. The molecule has 1 aliphatic carbocycles. The maximum atomic E-state index is 12.8. The number of benzene rings is 3. The van der Waals surface area contributed by atoms with E-state index in [1.54, 1.807) is 38.5 Å². The first-order valence-electron chi connectivity index (χ1n) is 11.5. The first-order chi connectivity index (χ1) is 16.7. The Balaban J connectivity index is 1.55. The number of carbonyl (C=O) groups is 1. The lowest BCUT2D eigenvalue weighted by Gasteiger charge is -2.23. The van der Waals surface area contributed by atoms with E-state index in [0.717, 1.165) is 59.4 Å². The first-order valence-corrected chi connectivity index (χ1v) is 11.5. The minimum absolute atomic E-state index is 0.174. The van der Waals surface area contributed by atoms with E-state index >= 15 is 0 Å². The van der Waals surface area contributed by atoms with Crippen LogP contribution in [0.2, 0.25) is 0 Å². The molecular weight excluding hydrogens is 426 g/mol. The summed E-state index contributed by atoms with van der Waals surface area (Å²) in [5.74, 6) is 1.32. The zero-order valence-electron chi connectivity index (χ0n) is 19.4. The van der Waals surface area contributed by atoms with Gasteiger partial charge >= 0.3 is 0 Å². The molecule has 0 aliphatic heterocycles. The van der Waals surface area contributed by atoms with E-state index in [-0.39, 0.29) is 5.91 Å². The molecule has 0 saturated carbocycles. The highest BCUT2D eigenvalue weighted by Crippen LogP contribution is 2.38. The zero-order valence-corrected chi connectivity index (χ0v) is 19.4. The quantitative estimate of drug-likeness (QED) is 0.368. The van der Waals surface area contributed by atoms with Gasteiger partial charge in [0.05, 0.1) is 31.1 Å². The van der Waals surface area contributed by atoms with Crippen LogP contribution >= 0.6 is 0 Å². The van der Waals surface area contributed by atoms with Crippen molar-refractivity contribution in [2.45, 2.75) is 25.7 Å². The molecule has 0 atom stereocenters. The van der Waals surface area contributed by atoms with E-state index < -0.39 is 0 Å². The van der Waals surface area contributed by atoms with Gasteiger partial charge in [-0.1, -0.05) is 12.1 Å². The number of rotatable bonds is 6. The Labute approximate surface area is 198 Å². The maximum Gasteiger partial charge on any atom is 0.255 e. The molecule has 1 aromatic heterocycles. The van der Waals surface area contributed by atoms with Gasteiger partial charge in [-0.3, -0.25) is 9.78 Å². The number of anilines is 3. The molecule has 0 fully saturated rings. The molecule has 34 heavy (non-hydrogen) atoms. The topological polar surface area (TPSA) is 72.5 Å². The molecule has 172 valence electrons. The summed E-state index contributed by atoms with van der Waals surface area (Å²) in [4.78, 5) is 17.8. The number of nitrogens with zero attached hydrogens (tertiary/aromatic N) is 1. The van der Waals surface area contributed by atoms with Gasteiger partial charge in [0.25, 0.3) is 5.91 Å². The molecule has 0 spiro atoms. The molecule has 1 amide bonds. The summed E-state index contributed by atoms with van der Waals surface area (Å²) in [6.45, 7) is 0. The Morgan fingerprint density at radius 1 is 0.912 bits per heavy atom. The van der Waals surface area contributed by atoms with Gasteiger partial charge in [-0.05, 0) is 85.8 Å². The third kappa shape index (κ3) is 4.27. The fourth-order valence-electron chi connectivity index (χ4n) is 4.47. The highest BCUT2D eigenvalue weighted by molar-refractivity contribution is 6.06. The van der Waals surface area contributed by atoms with Crippen molar-refractivity contribution in [1.29, 1.82) is 0 Å². The summed E-state index contributed by atoms with van der Waals surface area (Å²) in [6, 6.07) is 20.8. The second kappa shape index (κ2) is 9.43. The molecule has 0 unspecified atom stereocenters. The molecule has 4 aromatic rings. The van der Waals surface area contributed by atoms with Crippen molar-refractivity contribution in [1.82, 2.24) is 4.98 Å². The highest BCUT2D eigenvalue weighted by Gasteiger charge is 2.20. The van der Waals surface area contributed by atoms with Crippen molar-refractivity contribution in [2.24, 2.45) is 0 Å². The van der Waals surface area contributed by atoms with Gasteiger partial charge in [0.1, 0.15) is 11.5 Å². The van der Waals surface area contributed by atoms with Crippen LogP contribution in [0.4, 0.5) is 17.1 Å². The Hall–Kier alpha value is -4.06. The van der Waals surface area contributed by atoms with E-state index in [9.17, 15) is 4.79 Å².